The number of nitrogens with one attached hydrogen (secondary N) is 1. The van der Waals surface area contributed by atoms with E-state index >= 15 is 0 Å². The standard InChI is InChI=1S/C12H9N3O4/c16-14(17)10-7-5-9(6-8-10)13-11-3-1-2-4-12(11)15(18)19/h1-8,13H. The molecule has 2 aromatic rings. The van der Waals surface area contributed by atoms with E-state index < -0.39 is 9.85 Å². The van der Waals surface area contributed by atoms with Crippen LogP contribution in [0.25, 0.3) is 0 Å². The Bertz CT molecular complexity index is 625. The topological polar surface area (TPSA) is 98.3 Å². The van der Waals surface area contributed by atoms with Gasteiger partial charge < -0.3 is 5.32 Å². The largest absolute Gasteiger partial charge is 0.350 e. The van der Waals surface area contributed by atoms with Crippen molar-refractivity contribution in [3.05, 3.63) is 68.8 Å². The van der Waals surface area contributed by atoms with Gasteiger partial charge >= 0.3 is 0 Å². The Hall–Kier alpha value is -2.96. The minimum absolute atomic E-state index is 0.0342. The van der Waals surface area contributed by atoms with Gasteiger partial charge in [-0.2, -0.15) is 0 Å². The number of para-hydroxylation sites is 2. The Kier molecular flexibility index (Phi) is 3.37. The first-order valence-corrected chi connectivity index (χ1v) is 5.33. The van der Waals surface area contributed by atoms with Gasteiger partial charge in [-0.3, -0.25) is 20.2 Å². The van der Waals surface area contributed by atoms with E-state index in [9.17, 15) is 20.2 Å². The molecule has 0 spiro atoms. The second-order valence-corrected chi connectivity index (χ2v) is 3.70. The minimum atomic E-state index is -0.505. The fourth-order valence-electron chi connectivity index (χ4n) is 1.56. The fraction of sp³-hybridized carbons (Fsp3) is 0. The lowest BCUT2D eigenvalue weighted by Crippen LogP contribution is -1.96. The first-order chi connectivity index (χ1) is 9.08. The van der Waals surface area contributed by atoms with Crippen LogP contribution in [0.15, 0.2) is 48.5 Å². The summed E-state index contributed by atoms with van der Waals surface area (Å²) in [5.41, 5.74) is 0.787. The zero-order valence-electron chi connectivity index (χ0n) is 9.65. The Morgan fingerprint density at radius 1 is 0.842 bits per heavy atom. The average Bonchev–Trinajstić information content (AvgIpc) is 2.39. The van der Waals surface area contributed by atoms with E-state index in [0.717, 1.165) is 0 Å². The van der Waals surface area contributed by atoms with Crippen LogP contribution >= 0.6 is 0 Å². The van der Waals surface area contributed by atoms with Gasteiger partial charge in [0.25, 0.3) is 11.4 Å². The molecule has 0 radical (unpaired) electrons. The van der Waals surface area contributed by atoms with Crippen molar-refractivity contribution < 1.29 is 9.85 Å². The molecule has 0 amide bonds. The summed E-state index contributed by atoms with van der Waals surface area (Å²) in [6.07, 6.45) is 0. The number of rotatable bonds is 4. The van der Waals surface area contributed by atoms with Crippen LogP contribution in [0.2, 0.25) is 0 Å². The Balaban J connectivity index is 2.26. The second-order valence-electron chi connectivity index (χ2n) is 3.70. The molecule has 0 atom stereocenters. The first-order valence-electron chi connectivity index (χ1n) is 5.33. The molecule has 0 fully saturated rings. The number of nitrogens with zero attached hydrogens (tertiary/aromatic N) is 2. The molecular formula is C12H9N3O4. The van der Waals surface area contributed by atoms with Crippen LogP contribution in [0.4, 0.5) is 22.7 Å². The molecule has 7 heteroatoms. The van der Waals surface area contributed by atoms with E-state index in [4.69, 9.17) is 0 Å². The van der Waals surface area contributed by atoms with Crippen LogP contribution in [0.1, 0.15) is 0 Å². The molecule has 0 saturated heterocycles. The number of nitro groups is 2. The zero-order valence-corrected chi connectivity index (χ0v) is 9.65. The van der Waals surface area contributed by atoms with Crippen molar-refractivity contribution >= 4 is 22.7 Å². The fourth-order valence-corrected chi connectivity index (χ4v) is 1.56. The summed E-state index contributed by atoms with van der Waals surface area (Å²) >= 11 is 0. The number of nitro benzene ring substituents is 2. The Morgan fingerprint density at radius 2 is 1.47 bits per heavy atom. The molecule has 0 bridgehead atoms. The van der Waals surface area contributed by atoms with Gasteiger partial charge in [0.05, 0.1) is 9.85 Å². The molecular weight excluding hydrogens is 250 g/mol. The van der Waals surface area contributed by atoms with E-state index in [-0.39, 0.29) is 11.4 Å². The highest BCUT2D eigenvalue weighted by atomic mass is 16.6. The van der Waals surface area contributed by atoms with Gasteiger partial charge in [0.15, 0.2) is 0 Å². The maximum atomic E-state index is 10.8. The molecule has 0 heterocycles. The van der Waals surface area contributed by atoms with Crippen LogP contribution in [-0.4, -0.2) is 9.85 Å². The molecule has 2 rings (SSSR count). The first kappa shape index (κ1) is 12.5. The predicted octanol–water partition coefficient (Wildman–Crippen LogP) is 3.25. The van der Waals surface area contributed by atoms with Crippen LogP contribution in [0, 0.1) is 20.2 Å². The number of non-ortho nitro benzene ring substituents is 1. The lowest BCUT2D eigenvalue weighted by atomic mass is 10.2. The van der Waals surface area contributed by atoms with Gasteiger partial charge in [-0.05, 0) is 18.2 Å². The van der Waals surface area contributed by atoms with Crippen LogP contribution in [-0.2, 0) is 0 Å². The third-order valence-electron chi connectivity index (χ3n) is 2.46. The molecule has 96 valence electrons. The third kappa shape index (κ3) is 2.83. The number of anilines is 2. The molecule has 0 aliphatic carbocycles. The van der Waals surface area contributed by atoms with Gasteiger partial charge in [-0.1, -0.05) is 12.1 Å². The van der Waals surface area contributed by atoms with Crippen molar-refractivity contribution in [2.45, 2.75) is 0 Å². The van der Waals surface area contributed by atoms with Gasteiger partial charge in [0, 0.05) is 23.9 Å². The molecule has 0 saturated carbocycles. The van der Waals surface area contributed by atoms with E-state index in [2.05, 4.69) is 5.32 Å². The zero-order chi connectivity index (χ0) is 13.8. The maximum absolute atomic E-state index is 10.8. The van der Waals surface area contributed by atoms with Crippen molar-refractivity contribution in [3.8, 4) is 0 Å². The predicted molar refractivity (Wildman–Crippen MR) is 69.5 cm³/mol. The van der Waals surface area contributed by atoms with Crippen molar-refractivity contribution in [1.82, 2.24) is 0 Å². The summed E-state index contributed by atoms with van der Waals surface area (Å²) in [6.45, 7) is 0. The van der Waals surface area contributed by atoms with Crippen molar-refractivity contribution in [2.24, 2.45) is 0 Å². The highest BCUT2D eigenvalue weighted by Gasteiger charge is 2.12. The Labute approximate surface area is 107 Å². The highest BCUT2D eigenvalue weighted by Crippen LogP contribution is 2.27. The molecule has 0 unspecified atom stereocenters. The lowest BCUT2D eigenvalue weighted by Gasteiger charge is -2.06. The molecule has 2 aromatic carbocycles. The van der Waals surface area contributed by atoms with Crippen molar-refractivity contribution in [2.75, 3.05) is 5.32 Å². The van der Waals surface area contributed by atoms with Gasteiger partial charge in [-0.15, -0.1) is 0 Å². The quantitative estimate of drug-likeness (QED) is 0.671. The minimum Gasteiger partial charge on any atom is -0.350 e. The molecule has 0 aliphatic heterocycles. The third-order valence-corrected chi connectivity index (χ3v) is 2.46. The smallest absolute Gasteiger partial charge is 0.292 e. The summed E-state index contributed by atoms with van der Waals surface area (Å²) in [7, 11) is 0. The SMILES string of the molecule is O=[N+]([O-])c1ccc(Nc2ccccc2[N+](=O)[O-])cc1. The molecule has 19 heavy (non-hydrogen) atoms. The summed E-state index contributed by atoms with van der Waals surface area (Å²) in [5.74, 6) is 0. The van der Waals surface area contributed by atoms with E-state index in [1.165, 1.54) is 30.3 Å². The van der Waals surface area contributed by atoms with Gasteiger partial charge in [0.2, 0.25) is 0 Å². The molecule has 1 N–H and O–H groups in total. The van der Waals surface area contributed by atoms with E-state index in [1.54, 1.807) is 18.2 Å². The number of hydrogen-bond acceptors (Lipinski definition) is 5. The summed E-state index contributed by atoms with van der Waals surface area (Å²) in [4.78, 5) is 20.3. The molecule has 0 aliphatic rings. The van der Waals surface area contributed by atoms with Crippen LogP contribution < -0.4 is 5.32 Å². The normalized spacial score (nSPS) is 9.89. The van der Waals surface area contributed by atoms with Gasteiger partial charge in [-0.25, -0.2) is 0 Å². The summed E-state index contributed by atoms with van der Waals surface area (Å²) in [5, 5.41) is 24.2. The van der Waals surface area contributed by atoms with Crippen LogP contribution in [0.3, 0.4) is 0 Å². The maximum Gasteiger partial charge on any atom is 0.292 e. The summed E-state index contributed by atoms with van der Waals surface area (Å²) in [6, 6.07) is 11.8. The number of benzene rings is 2. The monoisotopic (exact) mass is 259 g/mol. The van der Waals surface area contributed by atoms with Crippen LogP contribution in [0.5, 0.6) is 0 Å². The van der Waals surface area contributed by atoms with Crippen molar-refractivity contribution in [1.29, 1.82) is 0 Å². The van der Waals surface area contributed by atoms with E-state index in [0.29, 0.717) is 11.4 Å². The number of hydrogen-bond donors (Lipinski definition) is 1. The average molecular weight is 259 g/mol. The molecule has 0 aromatic heterocycles. The van der Waals surface area contributed by atoms with Crippen molar-refractivity contribution in [3.63, 3.8) is 0 Å². The van der Waals surface area contributed by atoms with Gasteiger partial charge in [0.1, 0.15) is 5.69 Å². The Morgan fingerprint density at radius 3 is 2.05 bits per heavy atom. The lowest BCUT2D eigenvalue weighted by molar-refractivity contribution is -0.384. The highest BCUT2D eigenvalue weighted by molar-refractivity contribution is 5.69. The summed E-state index contributed by atoms with van der Waals surface area (Å²) < 4.78 is 0. The molecule has 7 nitrogen and oxygen atoms in total. The second kappa shape index (κ2) is 5.13. The van der Waals surface area contributed by atoms with E-state index in [1.807, 2.05) is 0 Å².